The largest absolute Gasteiger partial charge is 0.493 e. The lowest BCUT2D eigenvalue weighted by molar-refractivity contribution is -0.138. The summed E-state index contributed by atoms with van der Waals surface area (Å²) in [7, 11) is 1.43. The molecule has 4 aromatic rings. The van der Waals surface area contributed by atoms with Crippen LogP contribution in [-0.2, 0) is 15.8 Å². The van der Waals surface area contributed by atoms with Gasteiger partial charge < -0.3 is 19.9 Å². The van der Waals surface area contributed by atoms with Crippen molar-refractivity contribution in [2.24, 2.45) is 0 Å². The predicted octanol–water partition coefficient (Wildman–Crippen LogP) is 6.75. The molecule has 202 valence electrons. The number of carbonyl (C=O) groups is 2. The molecule has 0 spiro atoms. The summed E-state index contributed by atoms with van der Waals surface area (Å²) in [6.45, 7) is -0.461. The number of aliphatic carboxylic acids is 1. The first-order valence-corrected chi connectivity index (χ1v) is 12.5. The maximum absolute atomic E-state index is 12.9. The van der Waals surface area contributed by atoms with Gasteiger partial charge in [-0.2, -0.15) is 13.2 Å². The van der Waals surface area contributed by atoms with Crippen LogP contribution in [0.5, 0.6) is 11.5 Å². The zero-order valence-electron chi connectivity index (χ0n) is 20.6. The van der Waals surface area contributed by atoms with E-state index in [2.05, 4.69) is 10.3 Å². The number of carboxylic acid groups (broad SMARTS) is 1. The molecule has 0 radical (unpaired) electrons. The average molecular weight is 557 g/mol. The highest BCUT2D eigenvalue weighted by atomic mass is 32.1. The molecule has 0 aliphatic rings. The highest BCUT2D eigenvalue weighted by molar-refractivity contribution is 7.19. The van der Waals surface area contributed by atoms with E-state index in [9.17, 15) is 27.9 Å². The fourth-order valence-electron chi connectivity index (χ4n) is 3.70. The number of allylic oxidation sites excluding steroid dienone is 1. The van der Waals surface area contributed by atoms with E-state index in [1.165, 1.54) is 30.6 Å². The van der Waals surface area contributed by atoms with Crippen LogP contribution in [0.25, 0.3) is 21.9 Å². The number of fused-ring (bicyclic) bond motifs is 1. The average Bonchev–Trinajstić information content (AvgIpc) is 3.34. The van der Waals surface area contributed by atoms with Gasteiger partial charge in [0.15, 0.2) is 18.1 Å². The molecule has 0 aliphatic carbocycles. The smallest absolute Gasteiger partial charge is 0.416 e. The Morgan fingerprint density at radius 1 is 1.03 bits per heavy atom. The number of carboxylic acids is 1. The Bertz CT molecular complexity index is 1500. The van der Waals surface area contributed by atoms with Crippen molar-refractivity contribution in [1.82, 2.24) is 4.98 Å². The highest BCUT2D eigenvalue weighted by Gasteiger charge is 2.30. The Morgan fingerprint density at radius 2 is 1.82 bits per heavy atom. The molecule has 11 heteroatoms. The van der Waals surface area contributed by atoms with Crippen LogP contribution in [0.4, 0.5) is 18.9 Å². The molecule has 0 saturated heterocycles. The summed E-state index contributed by atoms with van der Waals surface area (Å²) in [6, 6.07) is 16.9. The number of ether oxygens (including phenoxy) is 2. The van der Waals surface area contributed by atoms with Crippen LogP contribution in [-0.4, -0.2) is 35.7 Å². The topological polar surface area (TPSA) is 97.8 Å². The molecule has 1 amide bonds. The number of alkyl halides is 3. The number of benzene rings is 3. The quantitative estimate of drug-likeness (QED) is 0.224. The Balaban J connectivity index is 1.50. The molecule has 39 heavy (non-hydrogen) atoms. The Labute approximate surface area is 225 Å². The van der Waals surface area contributed by atoms with E-state index in [-0.39, 0.29) is 24.3 Å². The van der Waals surface area contributed by atoms with Gasteiger partial charge in [-0.1, -0.05) is 24.3 Å². The fraction of sp³-hybridized carbons (Fsp3) is 0.179. The minimum atomic E-state index is -4.53. The molecular formula is C28H23F3N2O5S. The molecule has 0 atom stereocenters. The van der Waals surface area contributed by atoms with Crippen molar-refractivity contribution in [3.63, 3.8) is 0 Å². The number of hydrogen-bond donors (Lipinski definition) is 2. The molecule has 3 aromatic carbocycles. The van der Waals surface area contributed by atoms with E-state index in [4.69, 9.17) is 9.47 Å². The fourth-order valence-corrected chi connectivity index (χ4v) is 4.71. The van der Waals surface area contributed by atoms with E-state index in [0.717, 1.165) is 27.9 Å². The van der Waals surface area contributed by atoms with E-state index in [1.54, 1.807) is 18.2 Å². The molecule has 0 aliphatic heterocycles. The SMILES string of the molecule is COc1cc(/C=C(\CCC(=O)O)c2nc3ccccc3s2)ccc1OCC(=O)Nc1cccc(C(F)(F)F)c1. The Kier molecular flexibility index (Phi) is 8.50. The van der Waals surface area contributed by atoms with Gasteiger partial charge in [-0.05, 0) is 66.1 Å². The predicted molar refractivity (Wildman–Crippen MR) is 143 cm³/mol. The van der Waals surface area contributed by atoms with E-state index in [1.807, 2.05) is 30.3 Å². The van der Waals surface area contributed by atoms with Crippen molar-refractivity contribution in [1.29, 1.82) is 0 Å². The number of rotatable bonds is 10. The summed E-state index contributed by atoms with van der Waals surface area (Å²) in [4.78, 5) is 28.2. The van der Waals surface area contributed by atoms with Crippen LogP contribution in [0.1, 0.15) is 29.0 Å². The minimum absolute atomic E-state index is 0.00499. The third kappa shape index (κ3) is 7.35. The zero-order chi connectivity index (χ0) is 28.0. The molecule has 0 fully saturated rings. The third-order valence-electron chi connectivity index (χ3n) is 5.54. The summed E-state index contributed by atoms with van der Waals surface area (Å²) in [5.74, 6) is -1.00. The summed E-state index contributed by atoms with van der Waals surface area (Å²) >= 11 is 1.47. The number of thiazole rings is 1. The van der Waals surface area contributed by atoms with Crippen molar-refractivity contribution >= 4 is 50.8 Å². The van der Waals surface area contributed by atoms with Crippen molar-refractivity contribution < 1.29 is 37.3 Å². The van der Waals surface area contributed by atoms with Crippen LogP contribution in [0.2, 0.25) is 0 Å². The summed E-state index contributed by atoms with van der Waals surface area (Å²) in [5.41, 5.74) is 1.39. The number of nitrogens with one attached hydrogen (secondary N) is 1. The zero-order valence-corrected chi connectivity index (χ0v) is 21.4. The number of methoxy groups -OCH3 is 1. The maximum Gasteiger partial charge on any atom is 0.416 e. The van der Waals surface area contributed by atoms with E-state index >= 15 is 0 Å². The second-order valence-corrected chi connectivity index (χ2v) is 9.41. The van der Waals surface area contributed by atoms with E-state index in [0.29, 0.717) is 16.3 Å². The monoisotopic (exact) mass is 556 g/mol. The van der Waals surface area contributed by atoms with Gasteiger partial charge in [-0.3, -0.25) is 9.59 Å². The molecule has 0 saturated carbocycles. The van der Waals surface area contributed by atoms with Gasteiger partial charge >= 0.3 is 12.1 Å². The normalized spacial score (nSPS) is 11.8. The first-order valence-electron chi connectivity index (χ1n) is 11.7. The van der Waals surface area contributed by atoms with Gasteiger partial charge in [-0.15, -0.1) is 11.3 Å². The van der Waals surface area contributed by atoms with E-state index < -0.39 is 30.2 Å². The number of aromatic nitrogens is 1. The standard InChI is InChI=1S/C28H23F3N2O5S/c1-37-23-14-17(13-18(10-12-26(35)36)27-33-21-7-2-3-8-24(21)39-27)9-11-22(23)38-16-25(34)32-20-6-4-5-19(15-20)28(29,30)31/h2-9,11,13-15H,10,12,16H2,1H3,(H,32,34)(H,35,36)/b18-13+. The highest BCUT2D eigenvalue weighted by Crippen LogP contribution is 2.34. The van der Waals surface area contributed by atoms with Gasteiger partial charge in [0, 0.05) is 12.1 Å². The molecule has 1 heterocycles. The number of anilines is 1. The molecule has 4 rings (SSSR count). The summed E-state index contributed by atoms with van der Waals surface area (Å²) < 4.78 is 50.7. The van der Waals surface area contributed by atoms with Gasteiger partial charge in [0.1, 0.15) is 5.01 Å². The number of nitrogens with zero attached hydrogens (tertiary/aromatic N) is 1. The van der Waals surface area contributed by atoms with Gasteiger partial charge in [0.05, 0.1) is 22.9 Å². The van der Waals surface area contributed by atoms with Crippen molar-refractivity contribution in [3.8, 4) is 11.5 Å². The Hall–Kier alpha value is -4.38. The minimum Gasteiger partial charge on any atom is -0.493 e. The third-order valence-corrected chi connectivity index (χ3v) is 6.65. The number of carbonyl (C=O) groups excluding carboxylic acids is 1. The van der Waals surface area contributed by atoms with Crippen LogP contribution in [0, 0.1) is 0 Å². The first-order chi connectivity index (χ1) is 18.6. The first kappa shape index (κ1) is 27.6. The van der Waals surface area contributed by atoms with Gasteiger partial charge in [0.2, 0.25) is 0 Å². The number of halogens is 3. The lowest BCUT2D eigenvalue weighted by Gasteiger charge is -2.13. The molecule has 0 bridgehead atoms. The Morgan fingerprint density at radius 3 is 2.54 bits per heavy atom. The molecule has 1 aromatic heterocycles. The van der Waals surface area contributed by atoms with Gasteiger partial charge in [0.25, 0.3) is 5.91 Å². The summed E-state index contributed by atoms with van der Waals surface area (Å²) in [5, 5.41) is 12.3. The molecule has 0 unspecified atom stereocenters. The lowest BCUT2D eigenvalue weighted by atomic mass is 10.1. The number of amides is 1. The van der Waals surface area contributed by atoms with Gasteiger partial charge in [-0.25, -0.2) is 4.98 Å². The second-order valence-electron chi connectivity index (χ2n) is 8.38. The molecule has 7 nitrogen and oxygen atoms in total. The number of hydrogen-bond acceptors (Lipinski definition) is 6. The van der Waals surface area contributed by atoms with Crippen LogP contribution in [0.3, 0.4) is 0 Å². The maximum atomic E-state index is 12.9. The van der Waals surface area contributed by atoms with Crippen LogP contribution in [0.15, 0.2) is 66.7 Å². The molecular weight excluding hydrogens is 533 g/mol. The second kappa shape index (κ2) is 12.0. The van der Waals surface area contributed by atoms with Crippen LogP contribution < -0.4 is 14.8 Å². The number of para-hydroxylation sites is 1. The van der Waals surface area contributed by atoms with Crippen molar-refractivity contribution in [2.45, 2.75) is 19.0 Å². The molecule has 2 N–H and O–H groups in total. The lowest BCUT2D eigenvalue weighted by Crippen LogP contribution is -2.20. The van der Waals surface area contributed by atoms with Crippen LogP contribution >= 0.6 is 11.3 Å². The van der Waals surface area contributed by atoms with Crippen molar-refractivity contribution in [3.05, 3.63) is 82.9 Å². The van der Waals surface area contributed by atoms with Crippen molar-refractivity contribution in [2.75, 3.05) is 19.0 Å². The summed E-state index contributed by atoms with van der Waals surface area (Å²) in [6.07, 6.45) is -2.50.